The smallest absolute Gasteiger partial charge is 0.0846 e. The first-order chi connectivity index (χ1) is 5.83. The molecule has 0 aliphatic heterocycles. The van der Waals surface area contributed by atoms with Crippen molar-refractivity contribution in [3.63, 3.8) is 0 Å². The second-order valence-electron chi connectivity index (χ2n) is 2.57. The molecule has 0 saturated heterocycles. The van der Waals surface area contributed by atoms with E-state index in [0.29, 0.717) is 0 Å². The van der Waals surface area contributed by atoms with Crippen LogP contribution in [0.3, 0.4) is 0 Å². The van der Waals surface area contributed by atoms with Crippen LogP contribution in [-0.2, 0) is 0 Å². The molecule has 1 aromatic carbocycles. The summed E-state index contributed by atoms with van der Waals surface area (Å²) in [5.41, 5.74) is 6.31. The maximum absolute atomic E-state index is 9.11. The zero-order valence-electron chi connectivity index (χ0n) is 7.26. The molecule has 0 aliphatic rings. The molecule has 72 valence electrons. The molecule has 0 aromatic heterocycles. The summed E-state index contributed by atoms with van der Waals surface area (Å²) in [4.78, 5) is 0. The lowest BCUT2D eigenvalue weighted by molar-refractivity contribution is 0.232. The molecule has 1 atom stereocenters. The Hall–Kier alpha value is -0.830. The van der Waals surface area contributed by atoms with Gasteiger partial charge in [0, 0.05) is 6.54 Å². The molecule has 3 N–H and O–H groups in total. The van der Waals surface area contributed by atoms with Gasteiger partial charge in [-0.25, -0.2) is 0 Å². The molecule has 0 heterocycles. The Bertz CT molecular complexity index is 248. The number of aliphatic hydroxyl groups is 1. The van der Waals surface area contributed by atoms with Crippen molar-refractivity contribution < 1.29 is 5.11 Å². The van der Waals surface area contributed by atoms with Gasteiger partial charge >= 0.3 is 0 Å². The van der Waals surface area contributed by atoms with Crippen LogP contribution >= 0.6 is 12.4 Å². The molecule has 3 heteroatoms. The van der Waals surface area contributed by atoms with E-state index in [-0.39, 0.29) is 19.0 Å². The Labute approximate surface area is 84.5 Å². The Kier molecular flexibility index (Phi) is 6.24. The summed E-state index contributed by atoms with van der Waals surface area (Å²) < 4.78 is 0. The van der Waals surface area contributed by atoms with Gasteiger partial charge in [-0.05, 0) is 5.56 Å². The zero-order chi connectivity index (χ0) is 8.81. The second-order valence-corrected chi connectivity index (χ2v) is 2.57. The van der Waals surface area contributed by atoms with Crippen LogP contribution in [0.4, 0.5) is 0 Å². The highest BCUT2D eigenvalue weighted by Crippen LogP contribution is 2.01. The highest BCUT2D eigenvalue weighted by molar-refractivity contribution is 5.85. The van der Waals surface area contributed by atoms with E-state index in [2.05, 4.69) is 0 Å². The van der Waals surface area contributed by atoms with Gasteiger partial charge in [0.2, 0.25) is 0 Å². The average Bonchev–Trinajstić information content (AvgIpc) is 2.16. The predicted molar refractivity (Wildman–Crippen MR) is 57.8 cm³/mol. The van der Waals surface area contributed by atoms with Gasteiger partial charge in [-0.2, -0.15) is 0 Å². The lowest BCUT2D eigenvalue weighted by atomic mass is 10.2. The summed E-state index contributed by atoms with van der Waals surface area (Å²) in [6.45, 7) is 0.267. The quantitative estimate of drug-likeness (QED) is 0.774. The molecule has 1 rings (SSSR count). The van der Waals surface area contributed by atoms with Crippen LogP contribution in [0.1, 0.15) is 5.56 Å². The Morgan fingerprint density at radius 2 is 1.92 bits per heavy atom. The van der Waals surface area contributed by atoms with Crippen LogP contribution in [-0.4, -0.2) is 17.8 Å². The maximum Gasteiger partial charge on any atom is 0.0846 e. The summed E-state index contributed by atoms with van der Waals surface area (Å²) in [5.74, 6) is 0. The number of hydrogen-bond acceptors (Lipinski definition) is 2. The molecule has 1 aromatic rings. The van der Waals surface area contributed by atoms with Crippen molar-refractivity contribution in [2.75, 3.05) is 6.54 Å². The minimum Gasteiger partial charge on any atom is -0.388 e. The average molecular weight is 200 g/mol. The van der Waals surface area contributed by atoms with E-state index in [1.165, 1.54) is 0 Å². The summed E-state index contributed by atoms with van der Waals surface area (Å²) >= 11 is 0. The Balaban J connectivity index is 0.00000144. The van der Waals surface area contributed by atoms with Crippen molar-refractivity contribution in [2.24, 2.45) is 5.73 Å². The minimum absolute atomic E-state index is 0. The normalized spacial score (nSPS) is 12.5. The first-order valence-electron chi connectivity index (χ1n) is 3.94. The van der Waals surface area contributed by atoms with Crippen LogP contribution in [0.15, 0.2) is 36.4 Å². The molecule has 0 fully saturated rings. The highest BCUT2D eigenvalue weighted by atomic mass is 35.5. The van der Waals surface area contributed by atoms with Gasteiger partial charge < -0.3 is 10.8 Å². The van der Waals surface area contributed by atoms with E-state index in [0.717, 1.165) is 5.56 Å². The standard InChI is InChI=1S/C10H13NO.ClH/c11-8-10(12)7-6-9-4-2-1-3-5-9;/h1-7,10,12H,8,11H2;1H/b7-6+;. The molecule has 0 saturated carbocycles. The molecule has 0 aliphatic carbocycles. The number of aliphatic hydroxyl groups excluding tert-OH is 1. The van der Waals surface area contributed by atoms with Gasteiger partial charge in [-0.1, -0.05) is 42.5 Å². The molecule has 0 radical (unpaired) electrons. The van der Waals surface area contributed by atoms with Crippen LogP contribution in [0, 0.1) is 0 Å². The molecule has 2 nitrogen and oxygen atoms in total. The van der Waals surface area contributed by atoms with E-state index in [1.807, 2.05) is 36.4 Å². The second kappa shape index (κ2) is 6.66. The van der Waals surface area contributed by atoms with Gasteiger partial charge in [0.25, 0.3) is 0 Å². The van der Waals surface area contributed by atoms with E-state index in [4.69, 9.17) is 10.8 Å². The fraction of sp³-hybridized carbons (Fsp3) is 0.200. The summed E-state index contributed by atoms with van der Waals surface area (Å²) in [6.07, 6.45) is 3.01. The lowest BCUT2D eigenvalue weighted by Crippen LogP contribution is -2.16. The maximum atomic E-state index is 9.11. The highest BCUT2D eigenvalue weighted by Gasteiger charge is 1.91. The first-order valence-corrected chi connectivity index (χ1v) is 3.94. The SMILES string of the molecule is Cl.NCC(O)/C=C/c1ccccc1. The minimum atomic E-state index is -0.537. The molecule has 0 spiro atoms. The van der Waals surface area contributed by atoms with E-state index in [9.17, 15) is 0 Å². The van der Waals surface area contributed by atoms with Crippen molar-refractivity contribution in [3.8, 4) is 0 Å². The Morgan fingerprint density at radius 1 is 1.31 bits per heavy atom. The summed E-state index contributed by atoms with van der Waals surface area (Å²) in [5, 5.41) is 9.11. The summed E-state index contributed by atoms with van der Waals surface area (Å²) in [6, 6.07) is 9.80. The molecule has 1 unspecified atom stereocenters. The van der Waals surface area contributed by atoms with Gasteiger partial charge in [0.15, 0.2) is 0 Å². The zero-order valence-corrected chi connectivity index (χ0v) is 8.08. The van der Waals surface area contributed by atoms with Crippen molar-refractivity contribution >= 4 is 18.5 Å². The molecular weight excluding hydrogens is 186 g/mol. The summed E-state index contributed by atoms with van der Waals surface area (Å²) in [7, 11) is 0. The van der Waals surface area contributed by atoms with Gasteiger partial charge in [-0.3, -0.25) is 0 Å². The predicted octanol–water partition coefficient (Wildman–Crippen LogP) is 1.44. The topological polar surface area (TPSA) is 46.2 Å². The van der Waals surface area contributed by atoms with Gasteiger partial charge in [-0.15, -0.1) is 12.4 Å². The monoisotopic (exact) mass is 199 g/mol. The molecule has 0 amide bonds. The third kappa shape index (κ3) is 4.68. The number of rotatable bonds is 3. The van der Waals surface area contributed by atoms with E-state index >= 15 is 0 Å². The number of hydrogen-bond donors (Lipinski definition) is 2. The molecular formula is C10H14ClNO. The van der Waals surface area contributed by atoms with Crippen LogP contribution in [0.25, 0.3) is 6.08 Å². The first kappa shape index (κ1) is 12.2. The van der Waals surface area contributed by atoms with Crippen molar-refractivity contribution in [3.05, 3.63) is 42.0 Å². The van der Waals surface area contributed by atoms with Crippen LogP contribution in [0.5, 0.6) is 0 Å². The van der Waals surface area contributed by atoms with Crippen molar-refractivity contribution in [1.29, 1.82) is 0 Å². The van der Waals surface area contributed by atoms with Crippen molar-refractivity contribution in [2.45, 2.75) is 6.10 Å². The third-order valence-electron chi connectivity index (χ3n) is 1.55. The largest absolute Gasteiger partial charge is 0.388 e. The van der Waals surface area contributed by atoms with Gasteiger partial charge in [0.1, 0.15) is 0 Å². The van der Waals surface area contributed by atoms with Crippen LogP contribution < -0.4 is 5.73 Å². The fourth-order valence-corrected chi connectivity index (χ4v) is 0.865. The number of halogens is 1. The van der Waals surface area contributed by atoms with E-state index in [1.54, 1.807) is 6.08 Å². The Morgan fingerprint density at radius 3 is 2.46 bits per heavy atom. The number of nitrogens with two attached hydrogens (primary N) is 1. The number of benzene rings is 1. The van der Waals surface area contributed by atoms with E-state index < -0.39 is 6.10 Å². The fourth-order valence-electron chi connectivity index (χ4n) is 0.865. The molecule has 13 heavy (non-hydrogen) atoms. The molecule has 0 bridgehead atoms. The van der Waals surface area contributed by atoms with Crippen molar-refractivity contribution in [1.82, 2.24) is 0 Å². The third-order valence-corrected chi connectivity index (χ3v) is 1.55. The van der Waals surface area contributed by atoms with Gasteiger partial charge in [0.05, 0.1) is 6.10 Å². The lowest BCUT2D eigenvalue weighted by Gasteiger charge is -1.98. The van der Waals surface area contributed by atoms with Crippen LogP contribution in [0.2, 0.25) is 0 Å².